The Kier molecular flexibility index (Phi) is 6.70. The first-order valence-electron chi connectivity index (χ1n) is 10.3. The number of tetrazole rings is 1. The van der Waals surface area contributed by atoms with E-state index in [1.165, 1.54) is 11.0 Å². The molecule has 0 unspecified atom stereocenters. The third kappa shape index (κ3) is 5.59. The van der Waals surface area contributed by atoms with Crippen LogP contribution in [0.2, 0.25) is 0 Å². The highest BCUT2D eigenvalue weighted by atomic mass is 16.5. The predicted octanol–water partition coefficient (Wildman–Crippen LogP) is 3.17. The second-order valence-corrected chi connectivity index (χ2v) is 7.24. The Labute approximate surface area is 190 Å². The number of carbonyl (C=O) groups excluding carboxylic acids is 2. The molecule has 1 aromatic heterocycles. The molecule has 0 fully saturated rings. The lowest BCUT2D eigenvalue weighted by atomic mass is 10.1. The van der Waals surface area contributed by atoms with Crippen molar-refractivity contribution in [2.75, 3.05) is 11.9 Å². The van der Waals surface area contributed by atoms with Crippen LogP contribution in [0.5, 0.6) is 5.75 Å². The summed E-state index contributed by atoms with van der Waals surface area (Å²) >= 11 is 0. The van der Waals surface area contributed by atoms with Crippen LogP contribution in [0.3, 0.4) is 0 Å². The number of aromatic nitrogens is 4. The van der Waals surface area contributed by atoms with Crippen molar-refractivity contribution in [2.24, 2.45) is 0 Å². The van der Waals surface area contributed by atoms with Crippen LogP contribution in [0.25, 0.3) is 5.69 Å². The first-order valence-corrected chi connectivity index (χ1v) is 10.3. The third-order valence-electron chi connectivity index (χ3n) is 4.89. The molecule has 0 radical (unpaired) electrons. The van der Waals surface area contributed by atoms with Crippen LogP contribution in [0.1, 0.15) is 28.9 Å². The van der Waals surface area contributed by atoms with Gasteiger partial charge in [0.2, 0.25) is 0 Å². The number of ether oxygens (including phenoxy) is 1. The SMILES string of the molecule is C[C@H](NC(=O)c1ccccc1NC(=O)COc1cccc(-n2cnnn2)c1)c1ccccc1. The molecule has 0 aliphatic rings. The van der Waals surface area contributed by atoms with Crippen molar-refractivity contribution >= 4 is 17.5 Å². The molecule has 0 aliphatic heterocycles. The van der Waals surface area contributed by atoms with Crippen LogP contribution < -0.4 is 15.4 Å². The van der Waals surface area contributed by atoms with Gasteiger partial charge in [-0.15, -0.1) is 5.10 Å². The van der Waals surface area contributed by atoms with Gasteiger partial charge in [-0.25, -0.2) is 4.68 Å². The van der Waals surface area contributed by atoms with Crippen molar-refractivity contribution in [3.8, 4) is 11.4 Å². The summed E-state index contributed by atoms with van der Waals surface area (Å²) in [6, 6.07) is 23.4. The molecule has 1 atom stereocenters. The Hall–Kier alpha value is -4.53. The number of anilines is 1. The number of para-hydroxylation sites is 1. The maximum Gasteiger partial charge on any atom is 0.262 e. The zero-order valence-corrected chi connectivity index (χ0v) is 17.9. The van der Waals surface area contributed by atoms with E-state index in [4.69, 9.17) is 4.74 Å². The largest absolute Gasteiger partial charge is 0.484 e. The van der Waals surface area contributed by atoms with E-state index in [0.29, 0.717) is 22.7 Å². The molecule has 1 heterocycles. The Morgan fingerprint density at radius 2 is 1.79 bits per heavy atom. The molecule has 33 heavy (non-hydrogen) atoms. The van der Waals surface area contributed by atoms with Gasteiger partial charge in [-0.2, -0.15) is 0 Å². The van der Waals surface area contributed by atoms with Crippen molar-refractivity contribution in [1.82, 2.24) is 25.5 Å². The number of nitrogens with zero attached hydrogens (tertiary/aromatic N) is 4. The van der Waals surface area contributed by atoms with Gasteiger partial charge in [0, 0.05) is 6.07 Å². The number of benzene rings is 3. The van der Waals surface area contributed by atoms with E-state index in [-0.39, 0.29) is 24.5 Å². The highest BCUT2D eigenvalue weighted by Gasteiger charge is 2.16. The fourth-order valence-electron chi connectivity index (χ4n) is 3.22. The second kappa shape index (κ2) is 10.2. The van der Waals surface area contributed by atoms with Gasteiger partial charge in [-0.1, -0.05) is 48.5 Å². The lowest BCUT2D eigenvalue weighted by Crippen LogP contribution is -2.28. The van der Waals surface area contributed by atoms with E-state index in [1.807, 2.05) is 43.3 Å². The van der Waals surface area contributed by atoms with Crippen LogP contribution in [-0.2, 0) is 4.79 Å². The number of hydrogen-bond acceptors (Lipinski definition) is 6. The third-order valence-corrected chi connectivity index (χ3v) is 4.89. The van der Waals surface area contributed by atoms with E-state index in [0.717, 1.165) is 5.56 Å². The topological polar surface area (TPSA) is 111 Å². The molecular weight excluding hydrogens is 420 g/mol. The molecule has 0 saturated carbocycles. The zero-order chi connectivity index (χ0) is 23.0. The zero-order valence-electron chi connectivity index (χ0n) is 17.9. The summed E-state index contributed by atoms with van der Waals surface area (Å²) in [6.45, 7) is 1.68. The average Bonchev–Trinajstić information content (AvgIpc) is 3.39. The van der Waals surface area contributed by atoms with E-state index in [1.54, 1.807) is 42.5 Å². The molecule has 9 heteroatoms. The maximum atomic E-state index is 12.8. The van der Waals surface area contributed by atoms with E-state index >= 15 is 0 Å². The molecule has 4 aromatic rings. The van der Waals surface area contributed by atoms with Crippen molar-refractivity contribution in [3.05, 3.63) is 96.3 Å². The van der Waals surface area contributed by atoms with Gasteiger partial charge >= 0.3 is 0 Å². The predicted molar refractivity (Wildman–Crippen MR) is 122 cm³/mol. The van der Waals surface area contributed by atoms with Crippen LogP contribution in [-0.4, -0.2) is 38.6 Å². The molecule has 3 aromatic carbocycles. The summed E-state index contributed by atoms with van der Waals surface area (Å²) in [6.07, 6.45) is 1.46. The summed E-state index contributed by atoms with van der Waals surface area (Å²) in [5, 5.41) is 16.7. The first kappa shape index (κ1) is 21.7. The van der Waals surface area contributed by atoms with Crippen molar-refractivity contribution in [1.29, 1.82) is 0 Å². The molecule has 0 bridgehead atoms. The standard InChI is InChI=1S/C24H22N6O3/c1-17(18-8-3-2-4-9-18)26-24(32)21-12-5-6-13-22(21)27-23(31)15-33-20-11-7-10-19(14-20)30-16-25-28-29-30/h2-14,16-17H,15H2,1H3,(H,26,32)(H,27,31)/t17-/m0/s1. The van der Waals surface area contributed by atoms with E-state index < -0.39 is 0 Å². The Morgan fingerprint density at radius 3 is 2.58 bits per heavy atom. The number of hydrogen-bond donors (Lipinski definition) is 2. The van der Waals surface area contributed by atoms with Gasteiger partial charge < -0.3 is 15.4 Å². The minimum absolute atomic E-state index is 0.182. The highest BCUT2D eigenvalue weighted by Crippen LogP contribution is 2.19. The molecule has 9 nitrogen and oxygen atoms in total. The van der Waals surface area contributed by atoms with Crippen molar-refractivity contribution in [3.63, 3.8) is 0 Å². The molecule has 0 saturated heterocycles. The number of rotatable bonds is 8. The van der Waals surface area contributed by atoms with Gasteiger partial charge in [0.15, 0.2) is 6.61 Å². The normalized spacial score (nSPS) is 11.4. The monoisotopic (exact) mass is 442 g/mol. The molecule has 0 aliphatic carbocycles. The molecule has 2 N–H and O–H groups in total. The van der Waals surface area contributed by atoms with E-state index in [2.05, 4.69) is 26.2 Å². The molecule has 2 amide bonds. The van der Waals surface area contributed by atoms with Gasteiger partial charge in [0.1, 0.15) is 12.1 Å². The van der Waals surface area contributed by atoms with E-state index in [9.17, 15) is 9.59 Å². The molecule has 166 valence electrons. The quantitative estimate of drug-likeness (QED) is 0.434. The first-order chi connectivity index (χ1) is 16.1. The lowest BCUT2D eigenvalue weighted by Gasteiger charge is -2.16. The Balaban J connectivity index is 1.38. The summed E-state index contributed by atoms with van der Waals surface area (Å²) in [5.41, 5.74) is 2.47. The fourth-order valence-corrected chi connectivity index (χ4v) is 3.22. The van der Waals surface area contributed by atoms with Crippen LogP contribution in [0.15, 0.2) is 85.2 Å². The minimum atomic E-state index is -0.390. The van der Waals surface area contributed by atoms with Crippen molar-refractivity contribution < 1.29 is 14.3 Å². The number of carbonyl (C=O) groups is 2. The van der Waals surface area contributed by atoms with Gasteiger partial charge in [0.25, 0.3) is 11.8 Å². The number of amides is 2. The van der Waals surface area contributed by atoms with Crippen LogP contribution >= 0.6 is 0 Å². The number of nitrogens with one attached hydrogen (secondary N) is 2. The minimum Gasteiger partial charge on any atom is -0.484 e. The van der Waals surface area contributed by atoms with Gasteiger partial charge in [-0.05, 0) is 47.2 Å². The van der Waals surface area contributed by atoms with Gasteiger partial charge in [0.05, 0.1) is 23.0 Å². The maximum absolute atomic E-state index is 12.8. The molecule has 4 rings (SSSR count). The molecular formula is C24H22N6O3. The second-order valence-electron chi connectivity index (χ2n) is 7.24. The highest BCUT2D eigenvalue weighted by molar-refractivity contribution is 6.04. The summed E-state index contributed by atoms with van der Waals surface area (Å²) in [4.78, 5) is 25.4. The lowest BCUT2D eigenvalue weighted by molar-refractivity contribution is -0.118. The summed E-state index contributed by atoms with van der Waals surface area (Å²) in [5.74, 6) is -0.183. The van der Waals surface area contributed by atoms with Crippen molar-refractivity contribution in [2.45, 2.75) is 13.0 Å². The van der Waals surface area contributed by atoms with Crippen LogP contribution in [0, 0.1) is 0 Å². The summed E-state index contributed by atoms with van der Waals surface area (Å²) in [7, 11) is 0. The average molecular weight is 442 g/mol. The smallest absolute Gasteiger partial charge is 0.262 e. The fraction of sp³-hybridized carbons (Fsp3) is 0.125. The Morgan fingerprint density at radius 1 is 1.00 bits per heavy atom. The summed E-state index contributed by atoms with van der Waals surface area (Å²) < 4.78 is 7.09. The Bertz CT molecular complexity index is 1230. The van der Waals surface area contributed by atoms with Gasteiger partial charge in [-0.3, -0.25) is 9.59 Å². The van der Waals surface area contributed by atoms with Crippen LogP contribution in [0.4, 0.5) is 5.69 Å². The molecule has 0 spiro atoms.